The largest absolute Gasteiger partial charge is 0.486 e. The van der Waals surface area contributed by atoms with E-state index in [9.17, 15) is 23.1 Å². The van der Waals surface area contributed by atoms with E-state index < -0.39 is 35.6 Å². The third-order valence-electron chi connectivity index (χ3n) is 5.43. The van der Waals surface area contributed by atoms with Crippen LogP contribution in [0.2, 0.25) is 0 Å². The predicted octanol–water partition coefficient (Wildman–Crippen LogP) is 5.98. The Morgan fingerprint density at radius 3 is 2.27 bits per heavy atom. The molecule has 1 amide bonds. The minimum absolute atomic E-state index is 0.154. The number of piperidine rings is 1. The third-order valence-corrected chi connectivity index (χ3v) is 5.43. The standard InChI is InChI=1S/C25H30F3NO4/c1-24(2,3)33-23(31)29-16-20(30)12-11-19(29)15-22(17-7-5-4-6-8-17)32-21-13-9-18(10-14-21)25(26,27)28/h4-10,13-14,19-20,22,30H,11-12,15-16H2,1-3H3/t19-,20-,22-/m0/s1. The van der Waals surface area contributed by atoms with Gasteiger partial charge in [0.2, 0.25) is 0 Å². The van der Waals surface area contributed by atoms with Crippen molar-refractivity contribution in [1.82, 2.24) is 4.90 Å². The molecule has 0 aromatic heterocycles. The monoisotopic (exact) mass is 465 g/mol. The Bertz CT molecular complexity index is 910. The van der Waals surface area contributed by atoms with E-state index in [0.29, 0.717) is 25.0 Å². The lowest BCUT2D eigenvalue weighted by molar-refractivity contribution is -0.137. The average Bonchev–Trinajstić information content (AvgIpc) is 2.73. The number of carbonyl (C=O) groups is 1. The van der Waals surface area contributed by atoms with Crippen LogP contribution in [0.1, 0.15) is 57.3 Å². The number of ether oxygens (including phenoxy) is 2. The lowest BCUT2D eigenvalue weighted by Crippen LogP contribution is -2.51. The Hall–Kier alpha value is -2.74. The summed E-state index contributed by atoms with van der Waals surface area (Å²) >= 11 is 0. The maximum absolute atomic E-state index is 12.9. The van der Waals surface area contributed by atoms with Crippen LogP contribution in [0.5, 0.6) is 5.75 Å². The molecule has 3 rings (SSSR count). The summed E-state index contributed by atoms with van der Waals surface area (Å²) in [5, 5.41) is 10.2. The number of β-amino-alcohol motifs (C(OH)–C–C–N with tert-alkyl or cyclic N) is 1. The first-order chi connectivity index (χ1) is 15.4. The summed E-state index contributed by atoms with van der Waals surface area (Å²) in [6, 6.07) is 13.6. The first-order valence-electron chi connectivity index (χ1n) is 11.0. The van der Waals surface area contributed by atoms with Crippen molar-refractivity contribution in [2.24, 2.45) is 0 Å². The molecule has 8 heteroatoms. The fourth-order valence-corrected chi connectivity index (χ4v) is 3.85. The van der Waals surface area contributed by atoms with E-state index in [1.165, 1.54) is 17.0 Å². The molecule has 0 unspecified atom stereocenters. The molecule has 1 heterocycles. The zero-order valence-corrected chi connectivity index (χ0v) is 19.0. The summed E-state index contributed by atoms with van der Waals surface area (Å²) in [6.45, 7) is 5.49. The third kappa shape index (κ3) is 7.12. The summed E-state index contributed by atoms with van der Waals surface area (Å²) in [5.74, 6) is 0.302. The normalized spacial score (nSPS) is 20.3. The summed E-state index contributed by atoms with van der Waals surface area (Å²) in [4.78, 5) is 14.4. The molecule has 1 aliphatic heterocycles. The van der Waals surface area contributed by atoms with E-state index in [0.717, 1.165) is 17.7 Å². The smallest absolute Gasteiger partial charge is 0.416 e. The number of benzene rings is 2. The van der Waals surface area contributed by atoms with Crippen LogP contribution in [0.25, 0.3) is 0 Å². The predicted molar refractivity (Wildman–Crippen MR) is 118 cm³/mol. The van der Waals surface area contributed by atoms with Crippen LogP contribution in [0.4, 0.5) is 18.0 Å². The number of likely N-dealkylation sites (tertiary alicyclic amines) is 1. The van der Waals surface area contributed by atoms with E-state index in [2.05, 4.69) is 0 Å². The zero-order chi connectivity index (χ0) is 24.2. The number of hydrogen-bond donors (Lipinski definition) is 1. The lowest BCUT2D eigenvalue weighted by atomic mass is 9.93. The Kier molecular flexibility index (Phi) is 7.57. The van der Waals surface area contributed by atoms with Crippen LogP contribution >= 0.6 is 0 Å². The maximum atomic E-state index is 12.9. The van der Waals surface area contributed by atoms with Crippen molar-refractivity contribution >= 4 is 6.09 Å². The molecule has 5 nitrogen and oxygen atoms in total. The first-order valence-corrected chi connectivity index (χ1v) is 11.0. The number of amides is 1. The van der Waals surface area contributed by atoms with E-state index in [1.807, 2.05) is 30.3 Å². The van der Waals surface area contributed by atoms with Gasteiger partial charge in [-0.05, 0) is 63.4 Å². The second-order valence-corrected chi connectivity index (χ2v) is 9.29. The average molecular weight is 466 g/mol. The minimum atomic E-state index is -4.42. The summed E-state index contributed by atoms with van der Waals surface area (Å²) < 4.78 is 50.4. The van der Waals surface area contributed by atoms with Gasteiger partial charge in [0, 0.05) is 12.5 Å². The summed E-state index contributed by atoms with van der Waals surface area (Å²) in [5.41, 5.74) is -0.587. The zero-order valence-electron chi connectivity index (χ0n) is 19.0. The molecule has 0 saturated carbocycles. The summed E-state index contributed by atoms with van der Waals surface area (Å²) in [7, 11) is 0. The number of aliphatic hydroxyl groups is 1. The van der Waals surface area contributed by atoms with Crippen LogP contribution in [0.3, 0.4) is 0 Å². The topological polar surface area (TPSA) is 59.0 Å². The van der Waals surface area contributed by atoms with Gasteiger partial charge >= 0.3 is 12.3 Å². The van der Waals surface area contributed by atoms with Crippen molar-refractivity contribution in [2.75, 3.05) is 6.54 Å². The molecule has 1 saturated heterocycles. The van der Waals surface area contributed by atoms with Gasteiger partial charge in [0.25, 0.3) is 0 Å². The van der Waals surface area contributed by atoms with Crippen LogP contribution in [-0.4, -0.2) is 40.4 Å². The van der Waals surface area contributed by atoms with Gasteiger partial charge in [-0.15, -0.1) is 0 Å². The van der Waals surface area contributed by atoms with Crippen LogP contribution in [-0.2, 0) is 10.9 Å². The molecule has 2 aromatic carbocycles. The Labute approximate surface area is 192 Å². The molecular weight excluding hydrogens is 435 g/mol. The fraction of sp³-hybridized carbons (Fsp3) is 0.480. The SMILES string of the molecule is CC(C)(C)OC(=O)N1C[C@@H](O)CC[C@H]1C[C@H](Oc1ccc(C(F)(F)F)cc1)c1ccccc1. The number of hydrogen-bond acceptors (Lipinski definition) is 4. The number of aliphatic hydroxyl groups excluding tert-OH is 1. The minimum Gasteiger partial charge on any atom is -0.486 e. The molecule has 3 atom stereocenters. The van der Waals surface area contributed by atoms with Gasteiger partial charge < -0.3 is 19.5 Å². The number of carbonyl (C=O) groups excluding carboxylic acids is 1. The number of nitrogens with zero attached hydrogens (tertiary/aromatic N) is 1. The Morgan fingerprint density at radius 2 is 1.70 bits per heavy atom. The van der Waals surface area contributed by atoms with E-state index in [-0.39, 0.29) is 12.6 Å². The van der Waals surface area contributed by atoms with Crippen LogP contribution in [0.15, 0.2) is 54.6 Å². The van der Waals surface area contributed by atoms with E-state index in [4.69, 9.17) is 9.47 Å². The van der Waals surface area contributed by atoms with Gasteiger partial charge in [0.05, 0.1) is 18.2 Å². The molecule has 180 valence electrons. The molecule has 1 fully saturated rings. The molecule has 0 aliphatic carbocycles. The van der Waals surface area contributed by atoms with Crippen LogP contribution in [0, 0.1) is 0 Å². The fourth-order valence-electron chi connectivity index (χ4n) is 3.85. The quantitative estimate of drug-likeness (QED) is 0.591. The van der Waals surface area contributed by atoms with E-state index in [1.54, 1.807) is 20.8 Å². The number of alkyl halides is 3. The highest BCUT2D eigenvalue weighted by molar-refractivity contribution is 5.68. The molecule has 0 bridgehead atoms. The number of halogens is 3. The molecule has 0 spiro atoms. The molecule has 33 heavy (non-hydrogen) atoms. The highest BCUT2D eigenvalue weighted by Crippen LogP contribution is 2.34. The summed E-state index contributed by atoms with van der Waals surface area (Å²) in [6.07, 6.45) is -4.59. The Balaban J connectivity index is 1.82. The van der Waals surface area contributed by atoms with Gasteiger partial charge in [-0.1, -0.05) is 30.3 Å². The highest BCUT2D eigenvalue weighted by atomic mass is 19.4. The number of rotatable bonds is 5. The van der Waals surface area contributed by atoms with Crippen LogP contribution < -0.4 is 4.74 Å². The maximum Gasteiger partial charge on any atom is 0.416 e. The molecule has 2 aromatic rings. The molecular formula is C25H30F3NO4. The van der Waals surface area contributed by atoms with Gasteiger partial charge in [-0.2, -0.15) is 13.2 Å². The van der Waals surface area contributed by atoms with Gasteiger partial charge in [-0.25, -0.2) is 4.79 Å². The van der Waals surface area contributed by atoms with Crippen molar-refractivity contribution in [3.63, 3.8) is 0 Å². The molecule has 0 radical (unpaired) electrons. The van der Waals surface area contributed by atoms with Crippen molar-refractivity contribution < 1.29 is 32.5 Å². The molecule has 1 N–H and O–H groups in total. The van der Waals surface area contributed by atoms with Crippen molar-refractivity contribution in [1.29, 1.82) is 0 Å². The molecule has 1 aliphatic rings. The first kappa shape index (κ1) is 24.9. The second-order valence-electron chi connectivity index (χ2n) is 9.29. The van der Waals surface area contributed by atoms with Gasteiger partial charge in [-0.3, -0.25) is 0 Å². The van der Waals surface area contributed by atoms with Gasteiger partial charge in [0.1, 0.15) is 17.5 Å². The van der Waals surface area contributed by atoms with Crippen molar-refractivity contribution in [3.8, 4) is 5.75 Å². The van der Waals surface area contributed by atoms with Crippen molar-refractivity contribution in [2.45, 2.75) is 70.1 Å². The van der Waals surface area contributed by atoms with E-state index >= 15 is 0 Å². The highest BCUT2D eigenvalue weighted by Gasteiger charge is 2.36. The van der Waals surface area contributed by atoms with Gasteiger partial charge in [0.15, 0.2) is 0 Å². The Morgan fingerprint density at radius 1 is 1.06 bits per heavy atom. The lowest BCUT2D eigenvalue weighted by Gasteiger charge is -2.40. The van der Waals surface area contributed by atoms with Crippen molar-refractivity contribution in [3.05, 3.63) is 65.7 Å². The second kappa shape index (κ2) is 10.0.